The number of nitrogens with zero attached hydrogens (tertiary/aromatic N) is 21. The minimum absolute atomic E-state index is 0.00849. The van der Waals surface area contributed by atoms with Crippen LogP contribution in [0.1, 0.15) is 12.8 Å². The summed E-state index contributed by atoms with van der Waals surface area (Å²) in [6.45, 7) is 21.3. The number of likely N-dealkylation sites (tertiary alicyclic amines) is 3. The molecule has 3 aromatic carbocycles. The monoisotopic (exact) mass is 1800 g/mol. The lowest BCUT2D eigenvalue weighted by molar-refractivity contribution is -0.127. The first-order valence-corrected chi connectivity index (χ1v) is 41.7. The number of amides is 3. The number of rotatable bonds is 22. The molecule has 18 rings (SSSR count). The number of carbonyl (C=O) groups excluding carboxylic acids is 3. The van der Waals surface area contributed by atoms with Crippen molar-refractivity contribution in [3.05, 3.63) is 142 Å². The van der Waals surface area contributed by atoms with Crippen molar-refractivity contribution in [2.75, 3.05) is 167 Å². The van der Waals surface area contributed by atoms with E-state index in [0.717, 1.165) is 25.9 Å². The van der Waals surface area contributed by atoms with Gasteiger partial charge >= 0.3 is 18.0 Å². The highest BCUT2D eigenvalue weighted by molar-refractivity contribution is 6.44. The van der Waals surface area contributed by atoms with Gasteiger partial charge in [0.15, 0.2) is 17.2 Å². The van der Waals surface area contributed by atoms with E-state index >= 15 is 0 Å². The van der Waals surface area contributed by atoms with Gasteiger partial charge in [-0.2, -0.15) is 50.2 Å². The van der Waals surface area contributed by atoms with E-state index in [4.69, 9.17) is 122 Å². The number of terminal acetylenes is 1. The van der Waals surface area contributed by atoms with E-state index in [9.17, 15) is 23.2 Å². The molecule has 0 saturated carbocycles. The zero-order chi connectivity index (χ0) is 87.4. The quantitative estimate of drug-likeness (QED) is 0.0322. The van der Waals surface area contributed by atoms with Crippen LogP contribution in [0, 0.1) is 24.0 Å². The van der Waals surface area contributed by atoms with Crippen molar-refractivity contribution in [3.63, 3.8) is 0 Å². The third-order valence-electron chi connectivity index (χ3n) is 22.4. The van der Waals surface area contributed by atoms with E-state index in [1.54, 1.807) is 65.7 Å². The topological polar surface area (TPSA) is 356 Å². The maximum atomic E-state index is 14.7. The van der Waals surface area contributed by atoms with Crippen LogP contribution in [0.2, 0.25) is 25.2 Å². The largest absolute Gasteiger partial charge is 0.462 e. The Balaban J connectivity index is 0.000000139. The summed E-state index contributed by atoms with van der Waals surface area (Å²) in [6.07, 6.45) is 18.3. The summed E-state index contributed by atoms with van der Waals surface area (Å²) in [5, 5.41) is 24.0. The van der Waals surface area contributed by atoms with E-state index < -0.39 is 17.7 Å². The smallest absolute Gasteiger partial charge is 0.319 e. The number of ether oxygens (including phenoxy) is 8. The number of hydrogen-bond donors (Lipinski definition) is 3. The van der Waals surface area contributed by atoms with Gasteiger partial charge in [-0.1, -0.05) is 83.7 Å². The van der Waals surface area contributed by atoms with Gasteiger partial charge in [-0.25, -0.2) is 18.7 Å². The van der Waals surface area contributed by atoms with Crippen LogP contribution in [0.15, 0.2) is 105 Å². The summed E-state index contributed by atoms with van der Waals surface area (Å²) >= 11 is 32.1. The summed E-state index contributed by atoms with van der Waals surface area (Å²) in [5.41, 5.74) is 2.56. The number of methoxy groups -OCH3 is 2. The van der Waals surface area contributed by atoms with Crippen molar-refractivity contribution in [1.29, 1.82) is 0 Å². The van der Waals surface area contributed by atoms with Crippen LogP contribution < -0.4 is 43.1 Å². The molecule has 6 fully saturated rings. The third-order valence-corrected chi connectivity index (χ3v) is 24.1. The van der Waals surface area contributed by atoms with Gasteiger partial charge in [0, 0.05) is 150 Å². The Kier molecular flexibility index (Phi) is 26.2. The van der Waals surface area contributed by atoms with Crippen molar-refractivity contribution < 1.29 is 61.1 Å². The highest BCUT2D eigenvalue weighted by Gasteiger charge is 2.39. The van der Waals surface area contributed by atoms with Gasteiger partial charge in [0.05, 0.1) is 79.0 Å². The molecular weight excluding hydrogens is 1720 g/mol. The van der Waals surface area contributed by atoms with Crippen LogP contribution in [0.5, 0.6) is 52.9 Å². The highest BCUT2D eigenvalue weighted by atomic mass is 35.5. The second-order valence-electron chi connectivity index (χ2n) is 30.1. The average molecular weight is 1810 g/mol. The average Bonchev–Trinajstić information content (AvgIpc) is 1.56. The van der Waals surface area contributed by atoms with Crippen molar-refractivity contribution in [3.8, 4) is 65.3 Å². The number of hydrogen-bond acceptors (Lipinski definition) is 29. The molecule has 9 aromatic heterocycles. The third kappa shape index (κ3) is 18.3. The van der Waals surface area contributed by atoms with E-state index in [0.29, 0.717) is 199 Å². The van der Waals surface area contributed by atoms with E-state index in [2.05, 4.69) is 108 Å². The minimum atomic E-state index is -0.709. The van der Waals surface area contributed by atoms with E-state index in [1.807, 2.05) is 22.9 Å². The zero-order valence-corrected chi connectivity index (χ0v) is 71.8. The van der Waals surface area contributed by atoms with Crippen molar-refractivity contribution in [2.24, 2.45) is 0 Å². The Bertz CT molecular complexity index is 6170. The van der Waals surface area contributed by atoms with Crippen molar-refractivity contribution >= 4 is 159 Å². The molecule has 5 atom stereocenters. The molecule has 125 heavy (non-hydrogen) atoms. The van der Waals surface area contributed by atoms with E-state index in [1.165, 1.54) is 42.8 Å². The minimum Gasteiger partial charge on any atom is -0.462 e. The lowest BCUT2D eigenvalue weighted by Crippen LogP contribution is -2.48. The lowest BCUT2D eigenvalue weighted by atomic mass is 10.2. The Morgan fingerprint density at radius 3 is 1.39 bits per heavy atom. The number of anilines is 3. The number of likely N-dealkylation sites (N-methyl/N-ethyl adjacent to an activating group) is 2. The first-order chi connectivity index (χ1) is 60.6. The number of aromatic amines is 3. The molecule has 6 aliphatic heterocycles. The standard InChI is InChI=1S/C29H27Cl2FN8O4.C27H28Cl2N8O4.C27H28ClFN8O3/c1-4-6-38-14-20(42-3)21(15-38)43-29-35-25-16(27(36-29)40-9-7-39(8-10-40)23(41)5-2)11-22(30)34-28(25)44-26-17-13-33-37-19(17)12-18(32)24(26)31;1-4-21(38)36-7-9-37(10-8-36)25-15-5-6-30-26(41-24-16-12-31-34-18(16)11-17(28)22(24)29)23(15)32-27(33-25)40-20-14-35(2)13-19(20)39-3;1-3-21(38)36-9-11-37(12-10-36)25-17-6-7-30-26(40-24-18-14-31-34-20(18)13-19(29)22(24)28)23(17)32-27(33-25)39-15-16-5-4-8-35(16)2/h1,5,11-13,20-21H,2,6-10,14-15H2,3H3,(H,33,37);4-6,11-12,19-20H,1,7-10,13-14H2,2-3H3,(H,31,34);3,6-7,13-14,16H,1,4-5,8-12,15H2,2H3,(H,31,34)/t20-,21-;19-,20-;16-/m110/s1. The Labute approximate surface area is 738 Å². The number of nitrogens with one attached hydrogen (secondary N) is 3. The fourth-order valence-electron chi connectivity index (χ4n) is 15.9. The molecule has 3 N–H and O–H groups in total. The van der Waals surface area contributed by atoms with Crippen LogP contribution in [-0.2, 0) is 23.9 Å². The number of aromatic nitrogens is 15. The van der Waals surface area contributed by atoms with Crippen molar-refractivity contribution in [2.45, 2.75) is 43.3 Å². The van der Waals surface area contributed by atoms with Crippen LogP contribution >= 0.6 is 58.0 Å². The van der Waals surface area contributed by atoms with Gasteiger partial charge < -0.3 is 72.2 Å². The van der Waals surface area contributed by atoms with Crippen molar-refractivity contribution in [1.82, 2.24) is 105 Å². The SMILES string of the molecule is C#CCN1C[C@@H](OC)[C@H](Oc2nc(N3CCN(C(=O)C=C)CC3)c3cc(Cl)nc(Oc4c(Cl)c(F)cc5[nH]ncc45)c3n2)C1.C=CC(=O)N1CCN(c2nc(OC[C@@H]3CCCN3C)nc3c(Oc4c(Cl)c(F)cc5[nH]ncc45)nccc23)CC1.C=CC(=O)N1CCN(c2nc(O[C@@H]3CN(C)C[C@H]3OC)nc3c(Oc4c(Cl)c(Cl)cc5[nH]ncc45)nccc23)CC1. The lowest BCUT2D eigenvalue weighted by Gasteiger charge is -2.35. The fourth-order valence-corrected chi connectivity index (χ4v) is 16.8. The Morgan fingerprint density at radius 1 is 0.512 bits per heavy atom. The zero-order valence-electron chi connectivity index (χ0n) is 68.0. The predicted octanol–water partition coefficient (Wildman–Crippen LogP) is 11.0. The maximum absolute atomic E-state index is 14.7. The van der Waals surface area contributed by atoms with E-state index in [-0.39, 0.29) is 115 Å². The number of fused-ring (bicyclic) bond motifs is 6. The molecule has 3 amide bonds. The predicted molar refractivity (Wildman–Crippen MR) is 467 cm³/mol. The van der Waals surface area contributed by atoms with Gasteiger partial charge in [0.1, 0.15) is 96.9 Å². The van der Waals surface area contributed by atoms with Gasteiger partial charge in [-0.3, -0.25) is 39.5 Å². The molecule has 6 aliphatic rings. The molecule has 35 nitrogen and oxygen atoms in total. The maximum Gasteiger partial charge on any atom is 0.319 e. The number of H-pyrrole nitrogens is 3. The normalized spacial score (nSPS) is 18.9. The summed E-state index contributed by atoms with van der Waals surface area (Å²) in [7, 11) is 7.35. The molecule has 12 aromatic rings. The summed E-state index contributed by atoms with van der Waals surface area (Å²) < 4.78 is 78.1. The molecule has 0 spiro atoms. The first kappa shape index (κ1) is 86.6. The van der Waals surface area contributed by atoms with Gasteiger partial charge in [0.25, 0.3) is 0 Å². The Hall–Kier alpha value is -12.0. The fraction of sp³-hybridized carbons (Fsp3) is 0.361. The van der Waals surface area contributed by atoms with Gasteiger partial charge in [-0.05, 0) is 76.0 Å². The molecule has 650 valence electrons. The number of carbonyl (C=O) groups is 3. The summed E-state index contributed by atoms with van der Waals surface area (Å²) in [6, 6.07) is 10.1. The van der Waals surface area contributed by atoms with Gasteiger partial charge in [0.2, 0.25) is 35.4 Å². The first-order valence-electron chi connectivity index (χ1n) is 39.8. The Morgan fingerprint density at radius 2 is 0.928 bits per heavy atom. The van der Waals surface area contributed by atoms with Crippen LogP contribution in [-0.4, -0.2) is 306 Å². The number of pyridine rings is 3. The highest BCUT2D eigenvalue weighted by Crippen LogP contribution is 2.46. The van der Waals surface area contributed by atoms with Crippen LogP contribution in [0.4, 0.5) is 26.2 Å². The molecule has 0 unspecified atom stereocenters. The molecule has 0 aliphatic carbocycles. The summed E-state index contributed by atoms with van der Waals surface area (Å²) in [5.74, 6) is 3.38. The second kappa shape index (κ2) is 37.9. The molecule has 42 heteroatoms. The summed E-state index contributed by atoms with van der Waals surface area (Å²) in [4.78, 5) is 96.2. The molecule has 0 radical (unpaired) electrons. The van der Waals surface area contributed by atoms with Gasteiger partial charge in [-0.15, -0.1) is 6.42 Å². The molecule has 6 saturated heterocycles. The second-order valence-corrected chi connectivity index (χ2v) is 32.0. The number of benzene rings is 3. The molecule has 0 bridgehead atoms. The molecule has 15 heterocycles. The number of halogens is 7. The van der Waals surface area contributed by atoms with Crippen LogP contribution in [0.3, 0.4) is 0 Å². The van der Waals surface area contributed by atoms with Crippen LogP contribution in [0.25, 0.3) is 65.4 Å². The number of piperazine rings is 3. The molecular formula is C83H83Cl5F2N24O11.